The quantitative estimate of drug-likeness (QED) is 0.517. The van der Waals surface area contributed by atoms with Gasteiger partial charge in [-0.2, -0.15) is 0 Å². The summed E-state index contributed by atoms with van der Waals surface area (Å²) in [5.74, 6) is -0.0717. The van der Waals surface area contributed by atoms with Crippen LogP contribution >= 0.6 is 0 Å². The first-order chi connectivity index (χ1) is 17.5. The third kappa shape index (κ3) is 4.66. The second-order valence-corrected chi connectivity index (χ2v) is 9.07. The van der Waals surface area contributed by atoms with E-state index in [4.69, 9.17) is 4.74 Å². The Labute approximate surface area is 209 Å². The molecular formula is C28H28N4O4. The molecule has 1 N–H and O–H groups in total. The molecule has 184 valence electrons. The minimum Gasteiger partial charge on any atom is -0.497 e. The smallest absolute Gasteiger partial charge is 0.264 e. The predicted molar refractivity (Wildman–Crippen MR) is 135 cm³/mol. The van der Waals surface area contributed by atoms with Crippen molar-refractivity contribution in [1.82, 2.24) is 15.2 Å². The zero-order valence-corrected chi connectivity index (χ0v) is 20.1. The Hall–Kier alpha value is -4.20. The number of fused-ring (bicyclic) bond motifs is 1. The highest BCUT2D eigenvalue weighted by atomic mass is 16.5. The minimum atomic E-state index is -0.317. The third-order valence-corrected chi connectivity index (χ3v) is 6.78. The molecule has 1 atom stereocenters. The summed E-state index contributed by atoms with van der Waals surface area (Å²) < 4.78 is 5.18. The maximum Gasteiger partial charge on any atom is 0.264 e. The van der Waals surface area contributed by atoms with Gasteiger partial charge in [-0.15, -0.1) is 0 Å². The van der Waals surface area contributed by atoms with Gasteiger partial charge in [0.25, 0.3) is 11.8 Å². The number of rotatable bonds is 7. The van der Waals surface area contributed by atoms with Crippen molar-refractivity contribution in [3.8, 4) is 5.75 Å². The topological polar surface area (TPSA) is 91.8 Å². The molecule has 1 fully saturated rings. The Morgan fingerprint density at radius 1 is 1.06 bits per heavy atom. The highest BCUT2D eigenvalue weighted by Gasteiger charge is 2.39. The van der Waals surface area contributed by atoms with E-state index in [1.807, 2.05) is 36.4 Å². The maximum atomic E-state index is 13.4. The molecule has 0 radical (unpaired) electrons. The van der Waals surface area contributed by atoms with E-state index >= 15 is 0 Å². The van der Waals surface area contributed by atoms with Crippen LogP contribution in [-0.4, -0.2) is 47.8 Å². The van der Waals surface area contributed by atoms with Crippen LogP contribution < -0.4 is 15.0 Å². The molecule has 3 amide bonds. The average molecular weight is 485 g/mol. The number of methoxy groups -OCH3 is 1. The van der Waals surface area contributed by atoms with Crippen LogP contribution in [0.4, 0.5) is 5.69 Å². The number of carbonyl (C=O) groups excluding carboxylic acids is 3. The molecule has 0 aliphatic carbocycles. The molecule has 1 saturated heterocycles. The summed E-state index contributed by atoms with van der Waals surface area (Å²) in [4.78, 5) is 47.0. The third-order valence-electron chi connectivity index (χ3n) is 6.78. The molecule has 2 aliphatic heterocycles. The lowest BCUT2D eigenvalue weighted by molar-refractivity contribution is -0.125. The lowest BCUT2D eigenvalue weighted by atomic mass is 9.95. The van der Waals surface area contributed by atoms with Gasteiger partial charge in [-0.1, -0.05) is 24.3 Å². The van der Waals surface area contributed by atoms with Gasteiger partial charge in [0.15, 0.2) is 0 Å². The Bertz CT molecular complexity index is 1280. The number of pyridine rings is 1. The number of amides is 3. The summed E-state index contributed by atoms with van der Waals surface area (Å²) in [6, 6.07) is 18.4. The summed E-state index contributed by atoms with van der Waals surface area (Å²) in [5.41, 5.74) is 3.18. The number of imide groups is 1. The number of carbonyl (C=O) groups is 3. The van der Waals surface area contributed by atoms with Crippen LogP contribution in [0.3, 0.4) is 0 Å². The van der Waals surface area contributed by atoms with Gasteiger partial charge in [-0.3, -0.25) is 24.3 Å². The number of piperidine rings is 1. The first kappa shape index (κ1) is 23.5. The van der Waals surface area contributed by atoms with Crippen LogP contribution in [0.5, 0.6) is 5.75 Å². The fraction of sp³-hybridized carbons (Fsp3) is 0.286. The van der Waals surface area contributed by atoms with Crippen molar-refractivity contribution in [2.75, 3.05) is 25.1 Å². The molecule has 2 aromatic carbocycles. The summed E-state index contributed by atoms with van der Waals surface area (Å²) >= 11 is 0. The highest BCUT2D eigenvalue weighted by molar-refractivity contribution is 6.23. The van der Waals surface area contributed by atoms with Gasteiger partial charge in [0.2, 0.25) is 5.91 Å². The van der Waals surface area contributed by atoms with Crippen LogP contribution in [0.1, 0.15) is 44.8 Å². The molecule has 3 heterocycles. The number of nitrogens with one attached hydrogen (secondary N) is 1. The van der Waals surface area contributed by atoms with Crippen molar-refractivity contribution in [2.24, 2.45) is 5.92 Å². The number of hydrogen-bond acceptors (Lipinski definition) is 6. The lowest BCUT2D eigenvalue weighted by Crippen LogP contribution is -2.43. The van der Waals surface area contributed by atoms with E-state index < -0.39 is 0 Å². The van der Waals surface area contributed by atoms with Crippen LogP contribution in [0.2, 0.25) is 0 Å². The first-order valence-electron chi connectivity index (χ1n) is 12.1. The second-order valence-electron chi connectivity index (χ2n) is 9.07. The van der Waals surface area contributed by atoms with E-state index in [0.717, 1.165) is 30.7 Å². The van der Waals surface area contributed by atoms with E-state index in [0.29, 0.717) is 35.6 Å². The number of aromatic nitrogens is 1. The van der Waals surface area contributed by atoms with E-state index in [9.17, 15) is 14.4 Å². The standard InChI is InChI=1S/C28H28N4O4/c1-36-22-12-10-19(11-13-22)16-30-26(33)20-6-5-15-31(17-20)24-9-4-8-23-25(24)28(35)32(27(23)34)18-21-7-2-3-14-29-21/h2-4,7-14,20H,5-6,15-18H2,1H3,(H,30,33). The van der Waals surface area contributed by atoms with E-state index in [-0.39, 0.29) is 30.2 Å². The Morgan fingerprint density at radius 2 is 1.89 bits per heavy atom. The molecule has 0 saturated carbocycles. The zero-order chi connectivity index (χ0) is 25.1. The summed E-state index contributed by atoms with van der Waals surface area (Å²) in [7, 11) is 1.62. The van der Waals surface area contributed by atoms with Gasteiger partial charge >= 0.3 is 0 Å². The van der Waals surface area contributed by atoms with E-state index in [2.05, 4.69) is 15.2 Å². The predicted octanol–water partition coefficient (Wildman–Crippen LogP) is 3.42. The van der Waals surface area contributed by atoms with Crippen molar-refractivity contribution >= 4 is 23.4 Å². The average Bonchev–Trinajstić information content (AvgIpc) is 3.17. The van der Waals surface area contributed by atoms with Crippen molar-refractivity contribution in [3.05, 3.63) is 89.2 Å². The van der Waals surface area contributed by atoms with Crippen molar-refractivity contribution in [2.45, 2.75) is 25.9 Å². The van der Waals surface area contributed by atoms with E-state index in [1.165, 1.54) is 4.90 Å². The van der Waals surface area contributed by atoms with Crippen LogP contribution in [0, 0.1) is 5.92 Å². The fourth-order valence-corrected chi connectivity index (χ4v) is 4.86. The van der Waals surface area contributed by atoms with Crippen molar-refractivity contribution in [3.63, 3.8) is 0 Å². The lowest BCUT2D eigenvalue weighted by Gasteiger charge is -2.34. The molecule has 5 rings (SSSR count). The van der Waals surface area contributed by atoms with Crippen LogP contribution in [-0.2, 0) is 17.9 Å². The van der Waals surface area contributed by atoms with Gasteiger partial charge in [0, 0.05) is 25.8 Å². The summed E-state index contributed by atoms with van der Waals surface area (Å²) in [6.07, 6.45) is 3.25. The minimum absolute atomic E-state index is 0.0118. The summed E-state index contributed by atoms with van der Waals surface area (Å²) in [6.45, 7) is 1.78. The molecular weight excluding hydrogens is 456 g/mol. The molecule has 2 aliphatic rings. The Kier molecular flexibility index (Phi) is 6.66. The number of anilines is 1. The normalized spacial score (nSPS) is 17.2. The number of ether oxygens (including phenoxy) is 1. The van der Waals surface area contributed by atoms with Crippen molar-refractivity contribution in [1.29, 1.82) is 0 Å². The van der Waals surface area contributed by atoms with Crippen molar-refractivity contribution < 1.29 is 19.1 Å². The van der Waals surface area contributed by atoms with E-state index in [1.54, 1.807) is 37.6 Å². The van der Waals surface area contributed by atoms with Gasteiger partial charge in [-0.25, -0.2) is 0 Å². The molecule has 0 spiro atoms. The first-order valence-corrected chi connectivity index (χ1v) is 12.1. The molecule has 1 aromatic heterocycles. The molecule has 36 heavy (non-hydrogen) atoms. The fourth-order valence-electron chi connectivity index (χ4n) is 4.86. The van der Waals surface area contributed by atoms with Crippen LogP contribution in [0.15, 0.2) is 66.9 Å². The molecule has 1 unspecified atom stereocenters. The number of benzene rings is 2. The summed E-state index contributed by atoms with van der Waals surface area (Å²) in [5, 5.41) is 3.04. The highest BCUT2D eigenvalue weighted by Crippen LogP contribution is 2.34. The second kappa shape index (κ2) is 10.2. The largest absolute Gasteiger partial charge is 0.497 e. The molecule has 8 heteroatoms. The van der Waals surface area contributed by atoms with Crippen LogP contribution in [0.25, 0.3) is 0 Å². The van der Waals surface area contributed by atoms with Gasteiger partial charge in [0.05, 0.1) is 42.1 Å². The van der Waals surface area contributed by atoms with Gasteiger partial charge < -0.3 is 15.0 Å². The number of hydrogen-bond donors (Lipinski definition) is 1. The van der Waals surface area contributed by atoms with Gasteiger partial charge in [0.1, 0.15) is 5.75 Å². The van der Waals surface area contributed by atoms with Gasteiger partial charge in [-0.05, 0) is 54.8 Å². The number of nitrogens with zero attached hydrogens (tertiary/aromatic N) is 3. The Morgan fingerprint density at radius 3 is 2.64 bits per heavy atom. The monoisotopic (exact) mass is 484 g/mol. The maximum absolute atomic E-state index is 13.4. The molecule has 0 bridgehead atoms. The molecule has 8 nitrogen and oxygen atoms in total. The molecule has 3 aromatic rings. The zero-order valence-electron chi connectivity index (χ0n) is 20.1. The SMILES string of the molecule is COc1ccc(CNC(=O)C2CCCN(c3cccc4c3C(=O)N(Cc3ccccn3)C4=O)C2)cc1. The Balaban J connectivity index is 1.29.